The highest BCUT2D eigenvalue weighted by molar-refractivity contribution is 5.75. The number of hydrogen-bond donors (Lipinski definition) is 1. The van der Waals surface area contributed by atoms with Crippen LogP contribution in [0.15, 0.2) is 27.6 Å². The van der Waals surface area contributed by atoms with E-state index >= 15 is 0 Å². The van der Waals surface area contributed by atoms with Gasteiger partial charge in [-0.05, 0) is 18.8 Å². The summed E-state index contributed by atoms with van der Waals surface area (Å²) in [4.78, 5) is 31.6. The maximum atomic E-state index is 10.8. The predicted octanol–water partition coefficient (Wildman–Crippen LogP) is 2.17. The van der Waals surface area contributed by atoms with Crippen LogP contribution in [-0.2, 0) is 4.79 Å². The first kappa shape index (κ1) is 12.3. The summed E-state index contributed by atoms with van der Waals surface area (Å²) < 4.78 is 0. The second-order valence-electron chi connectivity index (χ2n) is 3.69. The summed E-state index contributed by atoms with van der Waals surface area (Å²) in [5.74, 6) is -0.467. The number of carbonyl (C=O) groups is 1. The smallest absolute Gasteiger partial charge is 0.264 e. The summed E-state index contributed by atoms with van der Waals surface area (Å²) in [6.45, 7) is 0. The molecule has 1 amide bonds. The molecule has 0 spiro atoms. The Bertz CT molecular complexity index is 329. The molecular weight excluding hydrogens is 212 g/mol. The Hall–Kier alpha value is -1.79. The van der Waals surface area contributed by atoms with Gasteiger partial charge in [0.15, 0.2) is 0 Å². The van der Waals surface area contributed by atoms with Crippen molar-refractivity contribution in [2.45, 2.75) is 31.3 Å². The number of nitroso groups, excluding NO2 is 2. The number of rotatable bonds is 5. The van der Waals surface area contributed by atoms with E-state index in [1.54, 1.807) is 12.2 Å². The molecule has 1 aliphatic carbocycles. The minimum Gasteiger partial charge on any atom is -0.271 e. The molecule has 3 atom stereocenters. The maximum absolute atomic E-state index is 10.8. The van der Waals surface area contributed by atoms with E-state index in [9.17, 15) is 14.6 Å². The molecule has 0 aromatic heterocycles. The Morgan fingerprint density at radius 2 is 2.06 bits per heavy atom. The van der Waals surface area contributed by atoms with Crippen LogP contribution in [0.2, 0.25) is 0 Å². The summed E-state index contributed by atoms with van der Waals surface area (Å²) in [7, 11) is 0. The second-order valence-corrected chi connectivity index (χ2v) is 3.69. The molecule has 0 fully saturated rings. The molecule has 0 saturated heterocycles. The fourth-order valence-corrected chi connectivity index (χ4v) is 1.72. The van der Waals surface area contributed by atoms with E-state index in [-0.39, 0.29) is 12.3 Å². The fraction of sp³-hybridized carbons (Fsp3) is 0.667. The van der Waals surface area contributed by atoms with Crippen LogP contribution < -0.4 is 0 Å². The molecule has 1 aliphatic rings. The molecule has 1 unspecified atom stereocenters. The predicted molar refractivity (Wildman–Crippen MR) is 55.8 cm³/mol. The number of amides is 1. The minimum atomic E-state index is -0.690. The molecule has 0 bridgehead atoms. The fourth-order valence-electron chi connectivity index (χ4n) is 1.72. The quantitative estimate of drug-likeness (QED) is 0.438. The van der Waals surface area contributed by atoms with Gasteiger partial charge in [0.25, 0.3) is 5.91 Å². The number of carbonyl (C=O) groups excluding carboxylic acids is 1. The lowest BCUT2D eigenvalue weighted by Crippen LogP contribution is -2.26. The molecule has 86 valence electrons. The van der Waals surface area contributed by atoms with Crippen molar-refractivity contribution in [3.8, 4) is 0 Å². The van der Waals surface area contributed by atoms with Gasteiger partial charge in [-0.2, -0.15) is 9.81 Å². The molecule has 0 radical (unpaired) electrons. The van der Waals surface area contributed by atoms with Crippen LogP contribution in [-0.4, -0.2) is 18.0 Å². The first-order valence-corrected chi connectivity index (χ1v) is 4.94. The normalized spacial score (nSPS) is 28.4. The van der Waals surface area contributed by atoms with Crippen molar-refractivity contribution in [3.05, 3.63) is 22.0 Å². The second kappa shape index (κ2) is 5.94. The Balaban J connectivity index is 2.52. The minimum absolute atomic E-state index is 0.0198. The van der Waals surface area contributed by atoms with Gasteiger partial charge in [-0.3, -0.25) is 4.79 Å². The topological polar surface area (TPSA) is 112 Å². The zero-order valence-corrected chi connectivity index (χ0v) is 8.57. The SMILES string of the molecule is N=NC(=O)CC[C@@H]1C=C[C@H](N=O)C(N=O)C1. The van der Waals surface area contributed by atoms with Gasteiger partial charge in [0, 0.05) is 6.42 Å². The van der Waals surface area contributed by atoms with Crippen molar-refractivity contribution in [1.82, 2.24) is 0 Å². The van der Waals surface area contributed by atoms with E-state index in [1.165, 1.54) is 0 Å². The monoisotopic (exact) mass is 224 g/mol. The maximum Gasteiger partial charge on any atom is 0.264 e. The van der Waals surface area contributed by atoms with Gasteiger partial charge in [-0.1, -0.05) is 22.5 Å². The van der Waals surface area contributed by atoms with Crippen molar-refractivity contribution < 1.29 is 4.79 Å². The van der Waals surface area contributed by atoms with Crippen LogP contribution in [0.5, 0.6) is 0 Å². The molecule has 0 heterocycles. The lowest BCUT2D eigenvalue weighted by molar-refractivity contribution is -0.118. The van der Waals surface area contributed by atoms with Crippen LogP contribution in [0.3, 0.4) is 0 Å². The zero-order chi connectivity index (χ0) is 12.0. The standard InChI is InChI=1S/C9H12N4O3/c10-11-9(14)4-2-6-1-3-7(12-15)8(5-6)13-16/h1,3,6-8,10H,2,4-5H2/t6-,7-,8?/m0/s1. The van der Waals surface area contributed by atoms with Gasteiger partial charge in [-0.25, -0.2) is 5.53 Å². The van der Waals surface area contributed by atoms with Crippen LogP contribution >= 0.6 is 0 Å². The Labute approximate surface area is 91.8 Å². The molecule has 7 nitrogen and oxygen atoms in total. The van der Waals surface area contributed by atoms with Crippen molar-refractivity contribution >= 4 is 5.91 Å². The van der Waals surface area contributed by atoms with E-state index in [2.05, 4.69) is 15.5 Å². The van der Waals surface area contributed by atoms with Crippen LogP contribution in [0.25, 0.3) is 0 Å². The van der Waals surface area contributed by atoms with Gasteiger partial charge >= 0.3 is 0 Å². The summed E-state index contributed by atoms with van der Waals surface area (Å²) in [6.07, 6.45) is 4.42. The Morgan fingerprint density at radius 1 is 1.31 bits per heavy atom. The third-order valence-corrected chi connectivity index (χ3v) is 2.63. The number of nitrogens with one attached hydrogen (secondary N) is 1. The summed E-state index contributed by atoms with van der Waals surface area (Å²) in [5, 5.41) is 8.43. The van der Waals surface area contributed by atoms with Gasteiger partial charge < -0.3 is 0 Å². The molecule has 1 rings (SSSR count). The summed E-state index contributed by atoms with van der Waals surface area (Å²) in [5.41, 5.74) is 6.50. The van der Waals surface area contributed by atoms with Crippen molar-refractivity contribution in [2.75, 3.05) is 0 Å². The molecule has 16 heavy (non-hydrogen) atoms. The Kier molecular flexibility index (Phi) is 4.56. The van der Waals surface area contributed by atoms with Crippen LogP contribution in [0.4, 0.5) is 0 Å². The van der Waals surface area contributed by atoms with Gasteiger partial charge in [0.1, 0.15) is 12.1 Å². The highest BCUT2D eigenvalue weighted by Crippen LogP contribution is 2.26. The van der Waals surface area contributed by atoms with Gasteiger partial charge in [0.2, 0.25) is 0 Å². The molecule has 0 aromatic rings. The molecular formula is C9H12N4O3. The molecule has 1 N–H and O–H groups in total. The number of allylic oxidation sites excluding steroid dienone is 1. The largest absolute Gasteiger partial charge is 0.271 e. The summed E-state index contributed by atoms with van der Waals surface area (Å²) >= 11 is 0. The Morgan fingerprint density at radius 3 is 2.62 bits per heavy atom. The zero-order valence-electron chi connectivity index (χ0n) is 8.57. The van der Waals surface area contributed by atoms with Crippen LogP contribution in [0, 0.1) is 21.3 Å². The number of nitrogens with zero attached hydrogens (tertiary/aromatic N) is 3. The van der Waals surface area contributed by atoms with Crippen molar-refractivity contribution in [2.24, 2.45) is 21.4 Å². The lowest BCUT2D eigenvalue weighted by atomic mass is 9.86. The van der Waals surface area contributed by atoms with Crippen molar-refractivity contribution in [3.63, 3.8) is 0 Å². The number of hydrogen-bond acceptors (Lipinski definition) is 6. The van der Waals surface area contributed by atoms with Crippen LogP contribution in [0.1, 0.15) is 19.3 Å². The van der Waals surface area contributed by atoms with Crippen molar-refractivity contribution in [1.29, 1.82) is 5.53 Å². The van der Waals surface area contributed by atoms with E-state index in [0.29, 0.717) is 12.8 Å². The third-order valence-electron chi connectivity index (χ3n) is 2.63. The van der Waals surface area contributed by atoms with Gasteiger partial charge in [-0.15, -0.1) is 5.11 Å². The van der Waals surface area contributed by atoms with E-state index in [0.717, 1.165) is 0 Å². The van der Waals surface area contributed by atoms with E-state index in [4.69, 9.17) is 5.53 Å². The first-order chi connectivity index (χ1) is 7.71. The molecule has 0 saturated carbocycles. The molecule has 0 aliphatic heterocycles. The van der Waals surface area contributed by atoms with Gasteiger partial charge in [0.05, 0.1) is 0 Å². The highest BCUT2D eigenvalue weighted by Gasteiger charge is 2.28. The van der Waals surface area contributed by atoms with E-state index in [1.807, 2.05) is 0 Å². The van der Waals surface area contributed by atoms with E-state index < -0.39 is 18.0 Å². The highest BCUT2D eigenvalue weighted by atomic mass is 16.3. The lowest BCUT2D eigenvalue weighted by Gasteiger charge is -2.22. The molecule has 0 aromatic carbocycles. The first-order valence-electron chi connectivity index (χ1n) is 4.94. The third kappa shape index (κ3) is 3.11. The molecule has 7 heteroatoms. The average molecular weight is 224 g/mol. The average Bonchev–Trinajstić information content (AvgIpc) is 2.35. The summed E-state index contributed by atoms with van der Waals surface area (Å²) in [6, 6.07) is -1.33.